The summed E-state index contributed by atoms with van der Waals surface area (Å²) in [6.45, 7) is 2.57. The third-order valence-corrected chi connectivity index (χ3v) is 2.97. The Morgan fingerprint density at radius 3 is 2.61 bits per heavy atom. The van der Waals surface area contributed by atoms with E-state index >= 15 is 0 Å². The van der Waals surface area contributed by atoms with Crippen molar-refractivity contribution in [3.63, 3.8) is 0 Å². The number of ether oxygens (including phenoxy) is 1. The Kier molecular flexibility index (Phi) is 7.09. The summed E-state index contributed by atoms with van der Waals surface area (Å²) in [5.41, 5.74) is 0.720. The minimum atomic E-state index is -0.590. The summed E-state index contributed by atoms with van der Waals surface area (Å²) in [6.07, 6.45) is 3.26. The molecule has 0 bridgehead atoms. The van der Waals surface area contributed by atoms with E-state index in [0.29, 0.717) is 17.4 Å². The lowest BCUT2D eigenvalue weighted by atomic mass is 10.1. The maximum absolute atomic E-state index is 9.64. The molecule has 2 N–H and O–H groups in total. The van der Waals surface area contributed by atoms with Gasteiger partial charge in [0.2, 0.25) is 0 Å². The molecule has 102 valence electrons. The number of aliphatic hydroxyl groups excluding tert-OH is 2. The van der Waals surface area contributed by atoms with Crippen molar-refractivity contribution in [2.24, 2.45) is 0 Å². The van der Waals surface area contributed by atoms with Crippen molar-refractivity contribution < 1.29 is 14.9 Å². The number of benzene rings is 1. The fourth-order valence-corrected chi connectivity index (χ4v) is 1.91. The summed E-state index contributed by atoms with van der Waals surface area (Å²) in [6, 6.07) is 5.28. The second-order valence-corrected chi connectivity index (χ2v) is 4.78. The average molecular weight is 273 g/mol. The third kappa shape index (κ3) is 5.25. The number of rotatable bonds is 8. The molecule has 0 aliphatic heterocycles. The second-order valence-electron chi connectivity index (χ2n) is 4.34. The standard InChI is InChI=1S/C14H21ClO3/c1-11(17)13-10-12(15)6-7-14(13)18-9-5-3-2-4-8-16/h6-7,10-11,16-17H,2-5,8-9H2,1H3/t11-/m1/s1. The minimum Gasteiger partial charge on any atom is -0.493 e. The van der Waals surface area contributed by atoms with Crippen LogP contribution in [0.5, 0.6) is 5.75 Å². The van der Waals surface area contributed by atoms with Crippen LogP contribution in [0.25, 0.3) is 0 Å². The van der Waals surface area contributed by atoms with E-state index in [2.05, 4.69) is 0 Å². The molecule has 1 atom stereocenters. The van der Waals surface area contributed by atoms with Crippen LogP contribution in [0.4, 0.5) is 0 Å². The summed E-state index contributed by atoms with van der Waals surface area (Å²) in [5.74, 6) is 0.691. The Morgan fingerprint density at radius 2 is 1.94 bits per heavy atom. The molecule has 3 nitrogen and oxygen atoms in total. The molecule has 0 aliphatic rings. The largest absolute Gasteiger partial charge is 0.493 e. The molecule has 1 rings (SSSR count). The van der Waals surface area contributed by atoms with E-state index in [1.54, 1.807) is 25.1 Å². The molecule has 0 spiro atoms. The van der Waals surface area contributed by atoms with Gasteiger partial charge in [0.15, 0.2) is 0 Å². The fraction of sp³-hybridized carbons (Fsp3) is 0.571. The van der Waals surface area contributed by atoms with Crippen LogP contribution in [0.1, 0.15) is 44.3 Å². The Hall–Kier alpha value is -0.770. The zero-order valence-electron chi connectivity index (χ0n) is 10.7. The van der Waals surface area contributed by atoms with Crippen molar-refractivity contribution >= 4 is 11.6 Å². The van der Waals surface area contributed by atoms with Crippen LogP contribution in [-0.2, 0) is 0 Å². The zero-order chi connectivity index (χ0) is 13.4. The normalized spacial score (nSPS) is 12.4. The predicted octanol–water partition coefficient (Wildman–Crippen LogP) is 3.32. The van der Waals surface area contributed by atoms with E-state index in [0.717, 1.165) is 31.2 Å². The smallest absolute Gasteiger partial charge is 0.125 e. The third-order valence-electron chi connectivity index (χ3n) is 2.73. The fourth-order valence-electron chi connectivity index (χ4n) is 1.73. The maximum atomic E-state index is 9.64. The Balaban J connectivity index is 2.42. The van der Waals surface area contributed by atoms with E-state index in [9.17, 15) is 5.11 Å². The van der Waals surface area contributed by atoms with Crippen molar-refractivity contribution in [3.8, 4) is 5.75 Å². The quantitative estimate of drug-likeness (QED) is 0.714. The Bertz CT molecular complexity index is 353. The van der Waals surface area contributed by atoms with Crippen LogP contribution < -0.4 is 4.74 Å². The van der Waals surface area contributed by atoms with Crippen molar-refractivity contribution in [3.05, 3.63) is 28.8 Å². The molecule has 0 fully saturated rings. The van der Waals surface area contributed by atoms with Gasteiger partial charge in [0, 0.05) is 17.2 Å². The molecule has 0 amide bonds. The molecule has 18 heavy (non-hydrogen) atoms. The van der Waals surface area contributed by atoms with Gasteiger partial charge in [-0.2, -0.15) is 0 Å². The SMILES string of the molecule is C[C@@H](O)c1cc(Cl)ccc1OCCCCCCO. The monoisotopic (exact) mass is 272 g/mol. The molecular formula is C14H21ClO3. The van der Waals surface area contributed by atoms with Gasteiger partial charge in [-0.3, -0.25) is 0 Å². The van der Waals surface area contributed by atoms with Crippen LogP contribution in [0.3, 0.4) is 0 Å². The maximum Gasteiger partial charge on any atom is 0.125 e. The lowest BCUT2D eigenvalue weighted by Gasteiger charge is -2.13. The number of halogens is 1. The van der Waals surface area contributed by atoms with Gasteiger partial charge >= 0.3 is 0 Å². The van der Waals surface area contributed by atoms with Gasteiger partial charge in [-0.25, -0.2) is 0 Å². The average Bonchev–Trinajstić information content (AvgIpc) is 2.35. The lowest BCUT2D eigenvalue weighted by molar-refractivity contribution is 0.190. The minimum absolute atomic E-state index is 0.254. The van der Waals surface area contributed by atoms with Crippen molar-refractivity contribution in [2.45, 2.75) is 38.7 Å². The van der Waals surface area contributed by atoms with E-state index in [4.69, 9.17) is 21.4 Å². The first-order valence-electron chi connectivity index (χ1n) is 6.36. The van der Waals surface area contributed by atoms with Crippen LogP contribution in [0.2, 0.25) is 5.02 Å². The highest BCUT2D eigenvalue weighted by Gasteiger charge is 2.09. The lowest BCUT2D eigenvalue weighted by Crippen LogP contribution is -2.02. The highest BCUT2D eigenvalue weighted by Crippen LogP contribution is 2.28. The summed E-state index contributed by atoms with van der Waals surface area (Å²) in [7, 11) is 0. The van der Waals surface area contributed by atoms with Gasteiger partial charge in [-0.05, 0) is 44.4 Å². The summed E-state index contributed by atoms with van der Waals surface area (Å²) in [5, 5.41) is 18.9. The first kappa shape index (κ1) is 15.3. The van der Waals surface area contributed by atoms with E-state index < -0.39 is 6.10 Å². The number of hydrogen-bond donors (Lipinski definition) is 2. The molecule has 0 saturated heterocycles. The molecule has 1 aromatic rings. The van der Waals surface area contributed by atoms with Crippen molar-refractivity contribution in [1.29, 1.82) is 0 Å². The van der Waals surface area contributed by atoms with Crippen molar-refractivity contribution in [1.82, 2.24) is 0 Å². The van der Waals surface area contributed by atoms with Gasteiger partial charge in [0.1, 0.15) is 5.75 Å². The molecule has 1 aromatic carbocycles. The molecule has 0 heterocycles. The van der Waals surface area contributed by atoms with Crippen molar-refractivity contribution in [2.75, 3.05) is 13.2 Å². The van der Waals surface area contributed by atoms with E-state index in [-0.39, 0.29) is 6.61 Å². The Morgan fingerprint density at radius 1 is 1.22 bits per heavy atom. The van der Waals surface area contributed by atoms with E-state index in [1.807, 2.05) is 0 Å². The summed E-state index contributed by atoms with van der Waals surface area (Å²) in [4.78, 5) is 0. The zero-order valence-corrected chi connectivity index (χ0v) is 11.5. The summed E-state index contributed by atoms with van der Waals surface area (Å²) >= 11 is 5.89. The molecule has 0 unspecified atom stereocenters. The number of hydrogen-bond acceptors (Lipinski definition) is 3. The van der Waals surface area contributed by atoms with Gasteiger partial charge in [0.05, 0.1) is 12.7 Å². The first-order valence-corrected chi connectivity index (χ1v) is 6.74. The van der Waals surface area contributed by atoms with Crippen LogP contribution in [-0.4, -0.2) is 23.4 Å². The molecule has 0 aromatic heterocycles. The topological polar surface area (TPSA) is 49.7 Å². The molecular weight excluding hydrogens is 252 g/mol. The van der Waals surface area contributed by atoms with Gasteiger partial charge in [0.25, 0.3) is 0 Å². The predicted molar refractivity (Wildman–Crippen MR) is 73.1 cm³/mol. The molecule has 0 saturated carbocycles. The molecule has 4 heteroatoms. The molecule has 0 radical (unpaired) electrons. The highest BCUT2D eigenvalue weighted by molar-refractivity contribution is 6.30. The van der Waals surface area contributed by atoms with Gasteiger partial charge in [-0.15, -0.1) is 0 Å². The second kappa shape index (κ2) is 8.35. The number of unbranched alkanes of at least 4 members (excludes halogenated alkanes) is 3. The highest BCUT2D eigenvalue weighted by atomic mass is 35.5. The van der Waals surface area contributed by atoms with Crippen LogP contribution in [0.15, 0.2) is 18.2 Å². The first-order chi connectivity index (χ1) is 8.65. The Labute approximate surface area is 113 Å². The van der Waals surface area contributed by atoms with Gasteiger partial charge in [-0.1, -0.05) is 18.0 Å². The number of aliphatic hydroxyl groups is 2. The molecule has 0 aliphatic carbocycles. The van der Waals surface area contributed by atoms with E-state index in [1.165, 1.54) is 0 Å². The van der Waals surface area contributed by atoms with Crippen LogP contribution in [0, 0.1) is 0 Å². The van der Waals surface area contributed by atoms with Gasteiger partial charge < -0.3 is 14.9 Å². The van der Waals surface area contributed by atoms with Crippen LogP contribution >= 0.6 is 11.6 Å². The summed E-state index contributed by atoms with van der Waals surface area (Å²) < 4.78 is 5.65.